The van der Waals surface area contributed by atoms with Crippen molar-refractivity contribution in [1.29, 1.82) is 0 Å². The molecule has 0 heterocycles. The highest BCUT2D eigenvalue weighted by Gasteiger charge is 2.12. The Morgan fingerprint density at radius 2 is 1.89 bits per heavy atom. The van der Waals surface area contributed by atoms with Crippen molar-refractivity contribution >= 4 is 18.4 Å². The first kappa shape index (κ1) is 22.7. The molecule has 1 atom stereocenters. The molecule has 0 saturated heterocycles. The first-order valence-corrected chi connectivity index (χ1v) is 8.39. The van der Waals surface area contributed by atoms with E-state index in [1.165, 1.54) is 19.2 Å². The maximum atomic E-state index is 13.2. The number of esters is 1. The molecule has 27 heavy (non-hydrogen) atoms. The van der Waals surface area contributed by atoms with E-state index in [-0.39, 0.29) is 36.8 Å². The van der Waals surface area contributed by atoms with Crippen molar-refractivity contribution in [3.63, 3.8) is 0 Å². The van der Waals surface area contributed by atoms with Gasteiger partial charge in [0, 0.05) is 0 Å². The Kier molecular flexibility index (Phi) is 9.61. The number of carbonyl (C=O) groups is 1. The van der Waals surface area contributed by atoms with Crippen LogP contribution in [0.15, 0.2) is 42.5 Å². The van der Waals surface area contributed by atoms with E-state index in [1.54, 1.807) is 26.2 Å². The third kappa shape index (κ3) is 7.07. The fourth-order valence-corrected chi connectivity index (χ4v) is 2.47. The smallest absolute Gasteiger partial charge is 0.322 e. The predicted octanol–water partition coefficient (Wildman–Crippen LogP) is 3.53. The van der Waals surface area contributed by atoms with Crippen LogP contribution in [-0.4, -0.2) is 32.8 Å². The first-order chi connectivity index (χ1) is 12.5. The van der Waals surface area contributed by atoms with E-state index in [9.17, 15) is 9.18 Å². The second-order valence-electron chi connectivity index (χ2n) is 5.85. The van der Waals surface area contributed by atoms with Crippen molar-refractivity contribution in [2.45, 2.75) is 26.0 Å². The second-order valence-corrected chi connectivity index (χ2v) is 5.85. The van der Waals surface area contributed by atoms with Crippen LogP contribution in [-0.2, 0) is 22.6 Å². The number of hydrogen-bond acceptors (Lipinski definition) is 5. The number of hydrogen-bond donors (Lipinski definition) is 1. The fourth-order valence-electron chi connectivity index (χ4n) is 2.47. The van der Waals surface area contributed by atoms with Crippen LogP contribution in [0.1, 0.15) is 18.1 Å². The molecule has 2 rings (SSSR count). The molecule has 0 aliphatic rings. The summed E-state index contributed by atoms with van der Waals surface area (Å²) in [4.78, 5) is 11.4. The molecule has 0 aromatic heterocycles. The molecular formula is C20H25ClFNO4. The third-order valence-electron chi connectivity index (χ3n) is 3.93. The summed E-state index contributed by atoms with van der Waals surface area (Å²) < 4.78 is 29.0. The number of halogens is 2. The molecule has 1 N–H and O–H groups in total. The Morgan fingerprint density at radius 1 is 1.11 bits per heavy atom. The zero-order chi connectivity index (χ0) is 18.9. The van der Waals surface area contributed by atoms with Gasteiger partial charge >= 0.3 is 5.97 Å². The van der Waals surface area contributed by atoms with Gasteiger partial charge < -0.3 is 19.5 Å². The summed E-state index contributed by atoms with van der Waals surface area (Å²) in [6, 6.07) is 11.6. The van der Waals surface area contributed by atoms with Gasteiger partial charge in [-0.05, 0) is 55.3 Å². The first-order valence-electron chi connectivity index (χ1n) is 8.39. The zero-order valence-corrected chi connectivity index (χ0v) is 16.5. The Balaban J connectivity index is 0.00000364. The van der Waals surface area contributed by atoms with Gasteiger partial charge in [-0.3, -0.25) is 4.79 Å². The standard InChI is InChI=1S/C20H24FNO4.ClH/c1-14(20(23)25-3)22-10-9-15-7-8-18(19(12-15)24-2)26-13-16-5-4-6-17(21)11-16;/h4-8,11-12,14,22H,9-10,13H2,1-3H3;1H. The molecule has 0 radical (unpaired) electrons. The van der Waals surface area contributed by atoms with Crippen LogP contribution in [0.2, 0.25) is 0 Å². The summed E-state index contributed by atoms with van der Waals surface area (Å²) in [5, 5.41) is 3.10. The molecule has 2 aromatic rings. The number of nitrogens with one attached hydrogen (secondary N) is 1. The van der Waals surface area contributed by atoms with Gasteiger partial charge in [0.1, 0.15) is 18.5 Å². The maximum absolute atomic E-state index is 13.2. The lowest BCUT2D eigenvalue weighted by atomic mass is 10.1. The van der Waals surface area contributed by atoms with Crippen molar-refractivity contribution in [2.24, 2.45) is 0 Å². The van der Waals surface area contributed by atoms with Gasteiger partial charge in [0.15, 0.2) is 11.5 Å². The van der Waals surface area contributed by atoms with Crippen LogP contribution < -0.4 is 14.8 Å². The number of carbonyl (C=O) groups excluding carboxylic acids is 1. The minimum atomic E-state index is -0.351. The number of benzene rings is 2. The van der Waals surface area contributed by atoms with E-state index in [1.807, 2.05) is 18.2 Å². The SMILES string of the molecule is COC(=O)C(C)NCCc1ccc(OCc2cccc(F)c2)c(OC)c1.Cl. The van der Waals surface area contributed by atoms with Crippen molar-refractivity contribution in [1.82, 2.24) is 5.32 Å². The molecule has 0 fully saturated rings. The molecule has 0 aliphatic heterocycles. The molecule has 1 unspecified atom stereocenters. The van der Waals surface area contributed by atoms with Crippen molar-refractivity contribution in [3.8, 4) is 11.5 Å². The molecular weight excluding hydrogens is 373 g/mol. The Bertz CT molecular complexity index is 742. The molecule has 0 bridgehead atoms. The van der Waals surface area contributed by atoms with Gasteiger partial charge in [-0.1, -0.05) is 18.2 Å². The van der Waals surface area contributed by atoms with Crippen LogP contribution in [0.4, 0.5) is 4.39 Å². The highest BCUT2D eigenvalue weighted by molar-refractivity contribution is 5.85. The molecule has 0 aliphatic carbocycles. The van der Waals surface area contributed by atoms with E-state index < -0.39 is 0 Å². The van der Waals surface area contributed by atoms with E-state index in [0.717, 1.165) is 17.5 Å². The average molecular weight is 398 g/mol. The highest BCUT2D eigenvalue weighted by Crippen LogP contribution is 2.29. The molecule has 2 aromatic carbocycles. The Hall–Kier alpha value is -2.31. The van der Waals surface area contributed by atoms with Crippen molar-refractivity contribution in [3.05, 3.63) is 59.4 Å². The van der Waals surface area contributed by atoms with Crippen LogP contribution >= 0.6 is 12.4 Å². The van der Waals surface area contributed by atoms with Crippen LogP contribution in [0.5, 0.6) is 11.5 Å². The van der Waals surface area contributed by atoms with Gasteiger partial charge in [0.25, 0.3) is 0 Å². The summed E-state index contributed by atoms with van der Waals surface area (Å²) >= 11 is 0. The van der Waals surface area contributed by atoms with E-state index in [4.69, 9.17) is 9.47 Å². The van der Waals surface area contributed by atoms with Crippen LogP contribution in [0, 0.1) is 5.82 Å². The summed E-state index contributed by atoms with van der Waals surface area (Å²) in [7, 11) is 2.94. The Labute approximate surface area is 165 Å². The van der Waals surface area contributed by atoms with Crippen LogP contribution in [0.3, 0.4) is 0 Å². The van der Waals surface area contributed by atoms with Gasteiger partial charge in [-0.2, -0.15) is 0 Å². The normalized spacial score (nSPS) is 11.3. The third-order valence-corrected chi connectivity index (χ3v) is 3.93. The van der Waals surface area contributed by atoms with E-state index in [2.05, 4.69) is 10.1 Å². The lowest BCUT2D eigenvalue weighted by Gasteiger charge is -2.14. The largest absolute Gasteiger partial charge is 0.493 e. The molecule has 0 saturated carbocycles. The quantitative estimate of drug-likeness (QED) is 0.656. The second kappa shape index (κ2) is 11.4. The fraction of sp³-hybridized carbons (Fsp3) is 0.350. The number of methoxy groups -OCH3 is 2. The average Bonchev–Trinajstić information content (AvgIpc) is 2.66. The maximum Gasteiger partial charge on any atom is 0.322 e. The van der Waals surface area contributed by atoms with Gasteiger partial charge in [0.05, 0.1) is 14.2 Å². The van der Waals surface area contributed by atoms with Gasteiger partial charge in [-0.15, -0.1) is 12.4 Å². The van der Waals surface area contributed by atoms with Crippen LogP contribution in [0.25, 0.3) is 0 Å². The molecule has 5 nitrogen and oxygen atoms in total. The zero-order valence-electron chi connectivity index (χ0n) is 15.7. The topological polar surface area (TPSA) is 56.8 Å². The summed E-state index contributed by atoms with van der Waals surface area (Å²) in [6.45, 7) is 2.64. The van der Waals surface area contributed by atoms with Crippen molar-refractivity contribution < 1.29 is 23.4 Å². The minimum absolute atomic E-state index is 0. The monoisotopic (exact) mass is 397 g/mol. The molecule has 7 heteroatoms. The minimum Gasteiger partial charge on any atom is -0.493 e. The molecule has 0 amide bonds. The summed E-state index contributed by atoms with van der Waals surface area (Å²) in [6.07, 6.45) is 0.724. The Morgan fingerprint density at radius 3 is 2.56 bits per heavy atom. The number of rotatable bonds is 9. The highest BCUT2D eigenvalue weighted by atomic mass is 35.5. The molecule has 148 valence electrons. The lowest BCUT2D eigenvalue weighted by Crippen LogP contribution is -2.36. The van der Waals surface area contributed by atoms with E-state index >= 15 is 0 Å². The lowest BCUT2D eigenvalue weighted by molar-refractivity contribution is -0.142. The van der Waals surface area contributed by atoms with E-state index in [0.29, 0.717) is 18.0 Å². The summed E-state index contributed by atoms with van der Waals surface area (Å²) in [5.41, 5.74) is 1.79. The van der Waals surface area contributed by atoms with Crippen molar-refractivity contribution in [2.75, 3.05) is 20.8 Å². The summed E-state index contributed by atoms with van der Waals surface area (Å²) in [5.74, 6) is 0.627. The van der Waals surface area contributed by atoms with Gasteiger partial charge in [-0.25, -0.2) is 4.39 Å². The van der Waals surface area contributed by atoms with Gasteiger partial charge in [0.2, 0.25) is 0 Å². The molecule has 0 spiro atoms. The predicted molar refractivity (Wildman–Crippen MR) is 104 cm³/mol. The number of ether oxygens (including phenoxy) is 3.